The fourth-order valence-corrected chi connectivity index (χ4v) is 2.47. The van der Waals surface area contributed by atoms with Crippen molar-refractivity contribution >= 4 is 15.9 Å². The Balaban J connectivity index is 2.48. The van der Waals surface area contributed by atoms with E-state index in [1.54, 1.807) is 7.11 Å². The van der Waals surface area contributed by atoms with Crippen LogP contribution < -0.4 is 5.56 Å². The van der Waals surface area contributed by atoms with Gasteiger partial charge in [-0.05, 0) is 27.9 Å². The first-order valence-corrected chi connectivity index (χ1v) is 7.33. The number of ether oxygens (including phenoxy) is 1. The lowest BCUT2D eigenvalue weighted by Crippen LogP contribution is -2.19. The van der Waals surface area contributed by atoms with E-state index in [4.69, 9.17) is 4.74 Å². The van der Waals surface area contributed by atoms with Crippen LogP contribution in [-0.4, -0.2) is 17.1 Å². The van der Waals surface area contributed by atoms with Gasteiger partial charge in [0.1, 0.15) is 16.4 Å². The Kier molecular flexibility index (Phi) is 5.09. The van der Waals surface area contributed by atoms with E-state index in [0.29, 0.717) is 10.3 Å². The van der Waals surface area contributed by atoms with Gasteiger partial charge in [-0.2, -0.15) is 0 Å². The molecule has 0 radical (unpaired) electrons. The van der Waals surface area contributed by atoms with E-state index in [1.807, 2.05) is 30.3 Å². The zero-order valence-electron chi connectivity index (χ0n) is 11.5. The first-order chi connectivity index (χ1) is 9.67. The minimum Gasteiger partial charge on any atom is -0.369 e. The van der Waals surface area contributed by atoms with Gasteiger partial charge in [-0.3, -0.25) is 4.79 Å². The molecule has 1 aromatic carbocycles. The van der Waals surface area contributed by atoms with E-state index >= 15 is 0 Å². The normalized spacial score (nSPS) is 12.3. The second-order valence-electron chi connectivity index (χ2n) is 4.49. The third-order valence-electron chi connectivity index (χ3n) is 3.02. The van der Waals surface area contributed by atoms with E-state index in [-0.39, 0.29) is 11.7 Å². The minimum absolute atomic E-state index is 0.170. The number of hydrogen-bond donors (Lipinski definition) is 1. The highest BCUT2D eigenvalue weighted by Gasteiger charge is 2.18. The lowest BCUT2D eigenvalue weighted by Gasteiger charge is -2.16. The van der Waals surface area contributed by atoms with Crippen molar-refractivity contribution in [3.8, 4) is 0 Å². The molecule has 0 amide bonds. The lowest BCUT2D eigenvalue weighted by molar-refractivity contribution is 0.128. The highest BCUT2D eigenvalue weighted by Crippen LogP contribution is 2.23. The number of nitrogens with one attached hydrogen (secondary N) is 1. The number of rotatable bonds is 5. The zero-order valence-corrected chi connectivity index (χ0v) is 13.1. The van der Waals surface area contributed by atoms with Crippen molar-refractivity contribution in [3.05, 3.63) is 62.2 Å². The molecule has 1 N–H and O–H groups in total. The SMILES string of the molecule is CCCc1nc(C(OC)c2ccccc2)[nH]c(=O)c1Br. The number of nitrogens with zero attached hydrogens (tertiary/aromatic N) is 1. The van der Waals surface area contributed by atoms with Gasteiger partial charge in [-0.1, -0.05) is 43.7 Å². The van der Waals surface area contributed by atoms with Gasteiger partial charge in [-0.15, -0.1) is 0 Å². The number of aromatic nitrogens is 2. The zero-order chi connectivity index (χ0) is 14.5. The fourth-order valence-electron chi connectivity index (χ4n) is 2.08. The first-order valence-electron chi connectivity index (χ1n) is 6.53. The maximum absolute atomic E-state index is 12.0. The van der Waals surface area contributed by atoms with Crippen LogP contribution in [0, 0.1) is 0 Å². The summed E-state index contributed by atoms with van der Waals surface area (Å²) in [6, 6.07) is 9.72. The van der Waals surface area contributed by atoms with Gasteiger partial charge >= 0.3 is 0 Å². The third kappa shape index (κ3) is 3.16. The molecule has 2 rings (SSSR count). The predicted octanol–water partition coefficient (Wildman–Crippen LogP) is 3.22. The molecule has 2 aromatic rings. The summed E-state index contributed by atoms with van der Waals surface area (Å²) in [5.74, 6) is 0.537. The monoisotopic (exact) mass is 336 g/mol. The van der Waals surface area contributed by atoms with E-state index in [2.05, 4.69) is 32.8 Å². The maximum atomic E-state index is 12.0. The topological polar surface area (TPSA) is 55.0 Å². The van der Waals surface area contributed by atoms with Crippen molar-refractivity contribution in [2.45, 2.75) is 25.9 Å². The largest absolute Gasteiger partial charge is 0.369 e. The summed E-state index contributed by atoms with van der Waals surface area (Å²) < 4.78 is 6.01. The molecule has 0 saturated carbocycles. The van der Waals surface area contributed by atoms with Gasteiger partial charge in [0.15, 0.2) is 0 Å². The van der Waals surface area contributed by atoms with Crippen LogP contribution in [0.5, 0.6) is 0 Å². The number of halogens is 1. The van der Waals surface area contributed by atoms with Crippen molar-refractivity contribution in [3.63, 3.8) is 0 Å². The summed E-state index contributed by atoms with van der Waals surface area (Å²) in [5, 5.41) is 0. The van der Waals surface area contributed by atoms with Crippen LogP contribution in [-0.2, 0) is 11.2 Å². The third-order valence-corrected chi connectivity index (χ3v) is 3.84. The van der Waals surface area contributed by atoms with Gasteiger partial charge in [0.2, 0.25) is 0 Å². The van der Waals surface area contributed by atoms with Crippen molar-refractivity contribution in [1.82, 2.24) is 9.97 Å². The van der Waals surface area contributed by atoms with E-state index in [1.165, 1.54) is 0 Å². The number of hydrogen-bond acceptors (Lipinski definition) is 3. The van der Waals surface area contributed by atoms with Gasteiger partial charge in [0.05, 0.1) is 5.69 Å². The molecule has 0 aliphatic carbocycles. The molecule has 0 aliphatic rings. The summed E-state index contributed by atoms with van der Waals surface area (Å²) in [7, 11) is 1.61. The number of H-pyrrole nitrogens is 1. The van der Waals surface area contributed by atoms with Crippen molar-refractivity contribution in [1.29, 1.82) is 0 Å². The average molecular weight is 337 g/mol. The van der Waals surface area contributed by atoms with Crippen LogP contribution in [0.15, 0.2) is 39.6 Å². The number of aryl methyl sites for hydroxylation is 1. The fraction of sp³-hybridized carbons (Fsp3) is 0.333. The molecule has 0 bridgehead atoms. The molecule has 1 atom stereocenters. The molecule has 0 aliphatic heterocycles. The minimum atomic E-state index is -0.368. The number of methoxy groups -OCH3 is 1. The Labute approximate surface area is 126 Å². The standard InChI is InChI=1S/C15H17BrN2O2/c1-3-7-11-12(16)15(19)18-14(17-11)13(20-2)10-8-5-4-6-9-10/h4-6,8-9,13H,3,7H2,1-2H3,(H,17,18,19). The van der Waals surface area contributed by atoms with Gasteiger partial charge in [0, 0.05) is 7.11 Å². The molecule has 4 nitrogen and oxygen atoms in total. The Morgan fingerprint density at radius 3 is 2.65 bits per heavy atom. The van der Waals surface area contributed by atoms with Gasteiger partial charge in [0.25, 0.3) is 5.56 Å². The van der Waals surface area contributed by atoms with Crippen LogP contribution in [0.25, 0.3) is 0 Å². The van der Waals surface area contributed by atoms with E-state index in [0.717, 1.165) is 24.1 Å². The molecule has 0 fully saturated rings. The smallest absolute Gasteiger partial charge is 0.265 e. The predicted molar refractivity (Wildman–Crippen MR) is 81.8 cm³/mol. The molecule has 1 unspecified atom stereocenters. The number of aromatic amines is 1. The molecular formula is C15H17BrN2O2. The Bertz CT molecular complexity index is 626. The van der Waals surface area contributed by atoms with E-state index < -0.39 is 0 Å². The summed E-state index contributed by atoms with van der Waals surface area (Å²) >= 11 is 3.30. The molecule has 20 heavy (non-hydrogen) atoms. The van der Waals surface area contributed by atoms with Crippen LogP contribution in [0.1, 0.15) is 36.5 Å². The first kappa shape index (κ1) is 14.9. The lowest BCUT2D eigenvalue weighted by atomic mass is 10.1. The second kappa shape index (κ2) is 6.81. The van der Waals surface area contributed by atoms with Gasteiger partial charge < -0.3 is 9.72 Å². The van der Waals surface area contributed by atoms with Gasteiger partial charge in [-0.25, -0.2) is 4.98 Å². The van der Waals surface area contributed by atoms with Crippen molar-refractivity contribution in [2.24, 2.45) is 0 Å². The summed E-state index contributed by atoms with van der Waals surface area (Å²) in [4.78, 5) is 19.3. The molecule has 106 valence electrons. The molecule has 0 saturated heterocycles. The molecule has 1 heterocycles. The molecule has 1 aromatic heterocycles. The quantitative estimate of drug-likeness (QED) is 0.911. The maximum Gasteiger partial charge on any atom is 0.265 e. The van der Waals surface area contributed by atoms with Crippen LogP contribution in [0.3, 0.4) is 0 Å². The van der Waals surface area contributed by atoms with Crippen LogP contribution >= 0.6 is 15.9 Å². The van der Waals surface area contributed by atoms with Crippen molar-refractivity contribution in [2.75, 3.05) is 7.11 Å². The molecular weight excluding hydrogens is 320 g/mol. The molecule has 5 heteroatoms. The summed E-state index contributed by atoms with van der Waals surface area (Å²) in [6.45, 7) is 2.06. The Hall–Kier alpha value is -1.46. The van der Waals surface area contributed by atoms with Crippen LogP contribution in [0.2, 0.25) is 0 Å². The van der Waals surface area contributed by atoms with Crippen molar-refractivity contribution < 1.29 is 4.74 Å². The Morgan fingerprint density at radius 2 is 2.05 bits per heavy atom. The highest BCUT2D eigenvalue weighted by atomic mass is 79.9. The Morgan fingerprint density at radius 1 is 1.35 bits per heavy atom. The number of benzene rings is 1. The highest BCUT2D eigenvalue weighted by molar-refractivity contribution is 9.10. The summed E-state index contributed by atoms with van der Waals surface area (Å²) in [6.07, 6.45) is 1.31. The average Bonchev–Trinajstić information content (AvgIpc) is 2.46. The van der Waals surface area contributed by atoms with E-state index in [9.17, 15) is 4.79 Å². The van der Waals surface area contributed by atoms with Crippen LogP contribution in [0.4, 0.5) is 0 Å². The second-order valence-corrected chi connectivity index (χ2v) is 5.28. The summed E-state index contributed by atoms with van der Waals surface area (Å²) in [5.41, 5.74) is 1.56. The molecule has 0 spiro atoms.